The molecule has 3 rings (SSSR count). The third-order valence-corrected chi connectivity index (χ3v) is 3.12. The minimum atomic E-state index is -1.09. The van der Waals surface area contributed by atoms with Gasteiger partial charge in [0.25, 0.3) is 0 Å². The number of nitrogens with one attached hydrogen (secondary N) is 1. The van der Waals surface area contributed by atoms with E-state index >= 15 is 0 Å². The third-order valence-electron chi connectivity index (χ3n) is 2.88. The van der Waals surface area contributed by atoms with Crippen LogP contribution in [0.2, 0.25) is 5.02 Å². The van der Waals surface area contributed by atoms with Crippen LogP contribution in [0.25, 0.3) is 16.9 Å². The minimum absolute atomic E-state index is 0.513. The molecule has 3 aromatic rings. The van der Waals surface area contributed by atoms with Gasteiger partial charge in [-0.1, -0.05) is 23.7 Å². The maximum absolute atomic E-state index is 10.7. The van der Waals surface area contributed by atoms with Crippen molar-refractivity contribution < 1.29 is 9.90 Å². The Bertz CT molecular complexity index is 798. The lowest BCUT2D eigenvalue weighted by molar-refractivity contribution is 0.210. The molecule has 0 spiro atoms. The lowest BCUT2D eigenvalue weighted by Crippen LogP contribution is -2.06. The fourth-order valence-corrected chi connectivity index (χ4v) is 2.20. The molecular formula is C14H10ClN3O2. The zero-order chi connectivity index (χ0) is 14.1. The van der Waals surface area contributed by atoms with E-state index in [2.05, 4.69) is 10.3 Å². The third kappa shape index (κ3) is 2.31. The quantitative estimate of drug-likeness (QED) is 0.754. The van der Waals surface area contributed by atoms with Gasteiger partial charge in [0.05, 0.1) is 11.9 Å². The Labute approximate surface area is 119 Å². The first-order chi connectivity index (χ1) is 9.63. The van der Waals surface area contributed by atoms with E-state index in [-0.39, 0.29) is 0 Å². The first-order valence-electron chi connectivity index (χ1n) is 5.86. The summed E-state index contributed by atoms with van der Waals surface area (Å²) in [4.78, 5) is 15.0. The number of carboxylic acid groups (broad SMARTS) is 1. The molecule has 0 atom stereocenters. The van der Waals surface area contributed by atoms with Gasteiger partial charge in [-0.25, -0.2) is 9.78 Å². The normalized spacial score (nSPS) is 10.7. The summed E-state index contributed by atoms with van der Waals surface area (Å²) in [6.07, 6.45) is 2.47. The molecule has 100 valence electrons. The molecule has 0 saturated heterocycles. The van der Waals surface area contributed by atoms with Crippen LogP contribution < -0.4 is 5.32 Å². The molecule has 0 unspecified atom stereocenters. The topological polar surface area (TPSA) is 66.6 Å². The molecule has 2 heterocycles. The van der Waals surface area contributed by atoms with Crippen molar-refractivity contribution in [2.75, 3.05) is 5.32 Å². The van der Waals surface area contributed by atoms with Crippen LogP contribution >= 0.6 is 11.6 Å². The van der Waals surface area contributed by atoms with Crippen molar-refractivity contribution in [2.24, 2.45) is 0 Å². The number of nitrogens with zero attached hydrogens (tertiary/aromatic N) is 2. The Hall–Kier alpha value is -2.53. The summed E-state index contributed by atoms with van der Waals surface area (Å²) in [5.41, 5.74) is 2.99. The second-order valence-corrected chi connectivity index (χ2v) is 4.66. The molecule has 20 heavy (non-hydrogen) atoms. The molecule has 1 amide bonds. The van der Waals surface area contributed by atoms with Crippen LogP contribution in [0.1, 0.15) is 0 Å². The fraction of sp³-hybridized carbons (Fsp3) is 0. The summed E-state index contributed by atoms with van der Waals surface area (Å²) in [5.74, 6) is 0. The summed E-state index contributed by atoms with van der Waals surface area (Å²) in [7, 11) is 0. The van der Waals surface area contributed by atoms with Crippen molar-refractivity contribution in [3.05, 3.63) is 53.8 Å². The molecule has 0 fully saturated rings. The van der Waals surface area contributed by atoms with Crippen molar-refractivity contribution >= 4 is 29.0 Å². The van der Waals surface area contributed by atoms with Gasteiger partial charge in [0.2, 0.25) is 0 Å². The Morgan fingerprint density at radius 1 is 1.30 bits per heavy atom. The molecular weight excluding hydrogens is 278 g/mol. The van der Waals surface area contributed by atoms with Gasteiger partial charge in [-0.15, -0.1) is 0 Å². The summed E-state index contributed by atoms with van der Waals surface area (Å²) in [6.45, 7) is 0. The predicted molar refractivity (Wildman–Crippen MR) is 77.3 cm³/mol. The first-order valence-corrected chi connectivity index (χ1v) is 6.24. The number of carbonyl (C=O) groups is 1. The number of aromatic nitrogens is 2. The second-order valence-electron chi connectivity index (χ2n) is 4.23. The number of anilines is 1. The van der Waals surface area contributed by atoms with Gasteiger partial charge >= 0.3 is 6.09 Å². The Morgan fingerprint density at radius 2 is 2.15 bits per heavy atom. The summed E-state index contributed by atoms with van der Waals surface area (Å²) in [5, 5.41) is 11.7. The van der Waals surface area contributed by atoms with Crippen LogP contribution in [0.3, 0.4) is 0 Å². The molecule has 0 aliphatic carbocycles. The Balaban J connectivity index is 2.09. The van der Waals surface area contributed by atoms with Crippen LogP contribution in [0.5, 0.6) is 0 Å². The van der Waals surface area contributed by atoms with Crippen LogP contribution in [0, 0.1) is 0 Å². The highest BCUT2D eigenvalue weighted by atomic mass is 35.5. The molecule has 2 aromatic heterocycles. The van der Waals surface area contributed by atoms with Gasteiger partial charge in [0, 0.05) is 28.5 Å². The molecule has 0 aliphatic heterocycles. The monoisotopic (exact) mass is 287 g/mol. The highest BCUT2D eigenvalue weighted by Gasteiger charge is 2.07. The standard InChI is InChI=1S/C14H10ClN3O2/c15-10-4-5-18-12(8-16-13(18)7-10)9-2-1-3-11(6-9)17-14(19)20/h1-8,17H,(H,19,20). The van der Waals surface area contributed by atoms with Crippen molar-refractivity contribution in [1.82, 2.24) is 9.38 Å². The fourth-order valence-electron chi connectivity index (χ4n) is 2.05. The van der Waals surface area contributed by atoms with Gasteiger partial charge in [-0.05, 0) is 18.2 Å². The van der Waals surface area contributed by atoms with E-state index in [1.807, 2.05) is 16.7 Å². The molecule has 0 bridgehead atoms. The number of imidazole rings is 1. The number of halogens is 1. The molecule has 0 saturated carbocycles. The van der Waals surface area contributed by atoms with Crippen molar-refractivity contribution in [3.8, 4) is 11.3 Å². The molecule has 1 aromatic carbocycles. The minimum Gasteiger partial charge on any atom is -0.465 e. The zero-order valence-electron chi connectivity index (χ0n) is 10.2. The van der Waals surface area contributed by atoms with Crippen LogP contribution in [-0.4, -0.2) is 20.6 Å². The number of benzene rings is 1. The Kier molecular flexibility index (Phi) is 3.04. The van der Waals surface area contributed by atoms with E-state index in [0.717, 1.165) is 16.9 Å². The van der Waals surface area contributed by atoms with Crippen LogP contribution in [-0.2, 0) is 0 Å². The maximum atomic E-state index is 10.7. The van der Waals surface area contributed by atoms with E-state index in [4.69, 9.17) is 16.7 Å². The summed E-state index contributed by atoms with van der Waals surface area (Å²) >= 11 is 5.93. The average molecular weight is 288 g/mol. The van der Waals surface area contributed by atoms with Gasteiger partial charge in [-0.2, -0.15) is 0 Å². The number of rotatable bonds is 2. The number of fused-ring (bicyclic) bond motifs is 1. The largest absolute Gasteiger partial charge is 0.465 e. The SMILES string of the molecule is O=C(O)Nc1cccc(-c2cnc3cc(Cl)ccn23)c1. The zero-order valence-corrected chi connectivity index (χ0v) is 11.0. The highest BCUT2D eigenvalue weighted by molar-refractivity contribution is 6.30. The van der Waals surface area contributed by atoms with Crippen molar-refractivity contribution in [1.29, 1.82) is 0 Å². The predicted octanol–water partition coefficient (Wildman–Crippen LogP) is 3.74. The van der Waals surface area contributed by atoms with Crippen LogP contribution in [0.4, 0.5) is 10.5 Å². The van der Waals surface area contributed by atoms with Crippen LogP contribution in [0.15, 0.2) is 48.8 Å². The molecule has 2 N–H and O–H groups in total. The highest BCUT2D eigenvalue weighted by Crippen LogP contribution is 2.24. The van der Waals surface area contributed by atoms with E-state index < -0.39 is 6.09 Å². The first kappa shape index (κ1) is 12.5. The number of hydrogen-bond acceptors (Lipinski definition) is 2. The lowest BCUT2D eigenvalue weighted by Gasteiger charge is -2.05. The van der Waals surface area contributed by atoms with Gasteiger partial charge in [0.1, 0.15) is 5.65 Å². The molecule has 6 heteroatoms. The molecule has 5 nitrogen and oxygen atoms in total. The second kappa shape index (κ2) is 4.86. The van der Waals surface area contributed by atoms with E-state index in [1.54, 1.807) is 36.5 Å². The van der Waals surface area contributed by atoms with Gasteiger partial charge in [0.15, 0.2) is 0 Å². The summed E-state index contributed by atoms with van der Waals surface area (Å²) in [6, 6.07) is 10.7. The van der Waals surface area contributed by atoms with E-state index in [9.17, 15) is 4.79 Å². The average Bonchev–Trinajstić information content (AvgIpc) is 2.81. The van der Waals surface area contributed by atoms with E-state index in [0.29, 0.717) is 10.7 Å². The molecule has 0 radical (unpaired) electrons. The molecule has 0 aliphatic rings. The van der Waals surface area contributed by atoms with E-state index in [1.165, 1.54) is 0 Å². The smallest absolute Gasteiger partial charge is 0.409 e. The Morgan fingerprint density at radius 3 is 2.95 bits per heavy atom. The summed E-state index contributed by atoms with van der Waals surface area (Å²) < 4.78 is 1.89. The van der Waals surface area contributed by atoms with Gasteiger partial charge in [-0.3, -0.25) is 9.72 Å². The number of hydrogen-bond donors (Lipinski definition) is 2. The lowest BCUT2D eigenvalue weighted by atomic mass is 10.1. The van der Waals surface area contributed by atoms with Crippen molar-refractivity contribution in [3.63, 3.8) is 0 Å². The number of amides is 1. The number of pyridine rings is 1. The van der Waals surface area contributed by atoms with Gasteiger partial charge < -0.3 is 5.11 Å². The maximum Gasteiger partial charge on any atom is 0.409 e. The van der Waals surface area contributed by atoms with Crippen molar-refractivity contribution in [2.45, 2.75) is 0 Å².